The second-order valence-corrected chi connectivity index (χ2v) is 10.2. The summed E-state index contributed by atoms with van der Waals surface area (Å²) < 4.78 is 0.871. The third kappa shape index (κ3) is 4.48. The molecule has 8 nitrogen and oxygen atoms in total. The van der Waals surface area contributed by atoms with Gasteiger partial charge in [-0.2, -0.15) is 4.89 Å². The van der Waals surface area contributed by atoms with Gasteiger partial charge in [0.25, 0.3) is 5.91 Å². The van der Waals surface area contributed by atoms with Crippen LogP contribution >= 0.6 is 15.9 Å². The fraction of sp³-hybridized carbons (Fsp3) is 0.185. The van der Waals surface area contributed by atoms with Crippen molar-refractivity contribution in [3.63, 3.8) is 0 Å². The lowest BCUT2D eigenvalue weighted by Gasteiger charge is -2.26. The van der Waals surface area contributed by atoms with E-state index in [0.717, 1.165) is 32.5 Å². The Bertz CT molecular complexity index is 1410. The van der Waals surface area contributed by atoms with E-state index in [2.05, 4.69) is 26.6 Å². The molecule has 0 unspecified atom stereocenters. The van der Waals surface area contributed by atoms with E-state index in [4.69, 9.17) is 15.5 Å². The predicted octanol–water partition coefficient (Wildman–Crippen LogP) is 4.91. The molecule has 3 aromatic carbocycles. The number of nitrogens with one attached hydrogen (secondary N) is 2. The first kappa shape index (κ1) is 24.1. The maximum Gasteiger partial charge on any atom is 0.258 e. The highest BCUT2D eigenvalue weighted by Crippen LogP contribution is 2.40. The van der Waals surface area contributed by atoms with Crippen LogP contribution in [-0.4, -0.2) is 24.4 Å². The number of hydrogen-bond donors (Lipinski definition) is 3. The molecular formula is C27H25BrN4O4. The van der Waals surface area contributed by atoms with E-state index in [9.17, 15) is 9.59 Å². The van der Waals surface area contributed by atoms with Gasteiger partial charge in [-0.15, -0.1) is 0 Å². The van der Waals surface area contributed by atoms with Gasteiger partial charge in [-0.05, 0) is 56.3 Å². The van der Waals surface area contributed by atoms with Crippen LogP contribution < -0.4 is 26.2 Å². The molecule has 36 heavy (non-hydrogen) atoms. The molecule has 2 amide bonds. The van der Waals surface area contributed by atoms with Crippen LogP contribution in [0.4, 0.5) is 17.1 Å². The van der Waals surface area contributed by atoms with Crippen LogP contribution in [-0.2, 0) is 21.1 Å². The highest BCUT2D eigenvalue weighted by atomic mass is 79.9. The largest absolute Gasteiger partial charge is 0.354 e. The zero-order chi connectivity index (χ0) is 25.6. The van der Waals surface area contributed by atoms with E-state index in [1.165, 1.54) is 4.90 Å². The fourth-order valence-electron chi connectivity index (χ4n) is 4.20. The van der Waals surface area contributed by atoms with E-state index < -0.39 is 5.54 Å². The molecule has 0 radical (unpaired) electrons. The lowest BCUT2D eigenvalue weighted by atomic mass is 9.99. The summed E-state index contributed by atoms with van der Waals surface area (Å²) in [5, 5.41) is 6.37. The van der Waals surface area contributed by atoms with Crippen molar-refractivity contribution in [2.75, 3.05) is 22.6 Å². The fourth-order valence-corrected chi connectivity index (χ4v) is 4.56. The van der Waals surface area contributed by atoms with E-state index in [0.29, 0.717) is 29.3 Å². The molecule has 0 fully saturated rings. The first-order valence-corrected chi connectivity index (χ1v) is 12.1. The molecule has 0 bridgehead atoms. The molecule has 0 spiro atoms. The monoisotopic (exact) mass is 548 g/mol. The van der Waals surface area contributed by atoms with Crippen LogP contribution in [0.25, 0.3) is 11.3 Å². The number of halogens is 1. The molecule has 184 valence electrons. The SMILES string of the molecule is CN(C(=O)C(C)(C)N)c1ccc(N/C(=C2\C(=O)Nc3cc(Br)ccc32)c2ccc3c(c2)OOC3)cc1. The predicted molar refractivity (Wildman–Crippen MR) is 143 cm³/mol. The third-order valence-corrected chi connectivity index (χ3v) is 6.57. The number of benzene rings is 3. The molecule has 4 N–H and O–H groups in total. The zero-order valence-electron chi connectivity index (χ0n) is 20.0. The molecule has 0 saturated heterocycles. The van der Waals surface area contributed by atoms with Gasteiger partial charge >= 0.3 is 0 Å². The highest BCUT2D eigenvalue weighted by Gasteiger charge is 2.30. The van der Waals surface area contributed by atoms with Crippen LogP contribution in [0.1, 0.15) is 30.5 Å². The molecule has 2 aliphatic rings. The van der Waals surface area contributed by atoms with Crippen LogP contribution in [0.15, 0.2) is 65.1 Å². The summed E-state index contributed by atoms with van der Waals surface area (Å²) >= 11 is 3.47. The Morgan fingerprint density at radius 1 is 1.11 bits per heavy atom. The topological polar surface area (TPSA) is 106 Å². The Morgan fingerprint density at radius 2 is 1.86 bits per heavy atom. The van der Waals surface area contributed by atoms with Gasteiger partial charge < -0.3 is 26.2 Å². The average molecular weight is 549 g/mol. The summed E-state index contributed by atoms with van der Waals surface area (Å²) in [6.45, 7) is 3.73. The number of anilines is 3. The molecule has 2 aliphatic heterocycles. The number of rotatable bonds is 5. The zero-order valence-corrected chi connectivity index (χ0v) is 21.6. The van der Waals surface area contributed by atoms with E-state index in [1.807, 2.05) is 60.7 Å². The highest BCUT2D eigenvalue weighted by molar-refractivity contribution is 9.10. The van der Waals surface area contributed by atoms with Gasteiger partial charge in [0.15, 0.2) is 5.75 Å². The molecule has 9 heteroatoms. The van der Waals surface area contributed by atoms with E-state index in [-0.39, 0.29) is 11.8 Å². The summed E-state index contributed by atoms with van der Waals surface area (Å²) in [5.74, 6) is 0.203. The standard InChI is InChI=1S/C27H25BrN4O4/c1-27(2,29)26(34)32(3)19-9-7-18(8-10-19)30-24(15-4-5-16-14-35-36-22(16)12-15)23-20-11-6-17(28)13-21(20)31-25(23)33/h4-13,30H,14,29H2,1-3H3,(H,31,33)/b24-23-. The summed E-state index contributed by atoms with van der Waals surface area (Å²) in [6, 6.07) is 18.7. The Kier molecular flexibility index (Phi) is 6.07. The Balaban J connectivity index is 1.56. The Labute approximate surface area is 217 Å². The molecule has 2 heterocycles. The number of fused-ring (bicyclic) bond motifs is 2. The maximum absolute atomic E-state index is 13.2. The summed E-state index contributed by atoms with van der Waals surface area (Å²) in [4.78, 5) is 37.7. The van der Waals surface area contributed by atoms with Gasteiger partial charge in [0.2, 0.25) is 5.91 Å². The number of nitrogens with two attached hydrogens (primary N) is 1. The van der Waals surface area contributed by atoms with Crippen LogP contribution in [0.2, 0.25) is 0 Å². The maximum atomic E-state index is 13.2. The van der Waals surface area contributed by atoms with Crippen molar-refractivity contribution in [2.24, 2.45) is 5.73 Å². The molecule has 0 aliphatic carbocycles. The molecule has 0 saturated carbocycles. The number of carbonyl (C=O) groups is 2. The average Bonchev–Trinajstić information content (AvgIpc) is 3.44. The van der Waals surface area contributed by atoms with Gasteiger partial charge in [0.1, 0.15) is 6.61 Å². The third-order valence-electron chi connectivity index (χ3n) is 6.07. The minimum atomic E-state index is -0.985. The first-order chi connectivity index (χ1) is 17.1. The van der Waals surface area contributed by atoms with Gasteiger partial charge in [0.05, 0.1) is 22.5 Å². The van der Waals surface area contributed by atoms with Crippen molar-refractivity contribution in [1.82, 2.24) is 0 Å². The summed E-state index contributed by atoms with van der Waals surface area (Å²) in [6.07, 6.45) is 0. The quantitative estimate of drug-likeness (QED) is 0.309. The number of likely N-dealkylation sites (N-methyl/N-ethyl adjacent to an activating group) is 1. The van der Waals surface area contributed by atoms with Crippen molar-refractivity contribution >= 4 is 56.1 Å². The number of carbonyl (C=O) groups excluding carboxylic acids is 2. The van der Waals surface area contributed by atoms with E-state index >= 15 is 0 Å². The minimum absolute atomic E-state index is 0.197. The molecule has 0 atom stereocenters. The van der Waals surface area contributed by atoms with Gasteiger partial charge in [0, 0.05) is 39.6 Å². The number of nitrogens with zero attached hydrogens (tertiary/aromatic N) is 1. The first-order valence-electron chi connectivity index (χ1n) is 11.3. The molecular weight excluding hydrogens is 524 g/mol. The van der Waals surface area contributed by atoms with E-state index in [1.54, 1.807) is 20.9 Å². The lowest BCUT2D eigenvalue weighted by molar-refractivity contribution is -0.194. The van der Waals surface area contributed by atoms with Crippen molar-refractivity contribution in [3.05, 3.63) is 81.8 Å². The van der Waals surface area contributed by atoms with Crippen LogP contribution in [0.5, 0.6) is 5.75 Å². The van der Waals surface area contributed by atoms with Crippen LogP contribution in [0.3, 0.4) is 0 Å². The second kappa shape index (κ2) is 9.09. The van der Waals surface area contributed by atoms with Crippen LogP contribution in [0, 0.1) is 0 Å². The molecule has 3 aromatic rings. The van der Waals surface area contributed by atoms with Gasteiger partial charge in [-0.25, -0.2) is 0 Å². The Hall–Kier alpha value is -3.66. The lowest BCUT2D eigenvalue weighted by Crippen LogP contribution is -2.49. The molecule has 0 aromatic heterocycles. The summed E-state index contributed by atoms with van der Waals surface area (Å²) in [5.41, 5.74) is 10.8. The van der Waals surface area contributed by atoms with Crippen molar-refractivity contribution in [3.8, 4) is 5.75 Å². The number of amides is 2. The minimum Gasteiger partial charge on any atom is -0.354 e. The number of hydrogen-bond acceptors (Lipinski definition) is 6. The smallest absolute Gasteiger partial charge is 0.258 e. The Morgan fingerprint density at radius 3 is 2.58 bits per heavy atom. The normalized spacial score (nSPS) is 15.5. The second-order valence-electron chi connectivity index (χ2n) is 9.32. The van der Waals surface area contributed by atoms with Crippen molar-refractivity contribution < 1.29 is 19.4 Å². The summed E-state index contributed by atoms with van der Waals surface area (Å²) in [7, 11) is 1.69. The molecule has 5 rings (SSSR count). The van der Waals surface area contributed by atoms with Gasteiger partial charge in [-0.1, -0.05) is 34.1 Å². The van der Waals surface area contributed by atoms with Crippen molar-refractivity contribution in [1.29, 1.82) is 0 Å². The van der Waals surface area contributed by atoms with Gasteiger partial charge in [-0.3, -0.25) is 9.59 Å². The van der Waals surface area contributed by atoms with Crippen molar-refractivity contribution in [2.45, 2.75) is 26.0 Å².